The van der Waals surface area contributed by atoms with Crippen molar-refractivity contribution in [2.45, 2.75) is 50.0 Å². The van der Waals surface area contributed by atoms with E-state index < -0.39 is 6.10 Å². The van der Waals surface area contributed by atoms with E-state index in [1.54, 1.807) is 0 Å². The third-order valence-electron chi connectivity index (χ3n) is 5.11. The zero-order chi connectivity index (χ0) is 16.5. The van der Waals surface area contributed by atoms with Gasteiger partial charge in [-0.05, 0) is 32.2 Å². The van der Waals surface area contributed by atoms with Gasteiger partial charge in [0.15, 0.2) is 6.10 Å². The predicted octanol–water partition coefficient (Wildman–Crippen LogP) is 0.782. The van der Waals surface area contributed by atoms with Gasteiger partial charge in [0.05, 0.1) is 12.5 Å². The maximum Gasteiger partial charge on any atom is 0.261 e. The van der Waals surface area contributed by atoms with Crippen LogP contribution >= 0.6 is 0 Å². The van der Waals surface area contributed by atoms with Crippen LogP contribution in [-0.2, 0) is 19.1 Å². The Hall–Kier alpha value is -1.50. The summed E-state index contributed by atoms with van der Waals surface area (Å²) in [4.78, 5) is 27.3. The zero-order valence-corrected chi connectivity index (χ0v) is 13.7. The molecule has 6 heteroatoms. The molecule has 2 amide bonds. The van der Waals surface area contributed by atoms with E-state index >= 15 is 0 Å². The normalized spacial score (nSPS) is 35.3. The Kier molecular flexibility index (Phi) is 4.52. The minimum atomic E-state index is -0.691. The van der Waals surface area contributed by atoms with Crippen LogP contribution in [0.1, 0.15) is 25.7 Å². The highest BCUT2D eigenvalue weighted by molar-refractivity contribution is 5.99. The van der Waals surface area contributed by atoms with Crippen molar-refractivity contribution in [3.8, 4) is 0 Å². The summed E-state index contributed by atoms with van der Waals surface area (Å²) in [5.41, 5.74) is 0. The Morgan fingerprint density at radius 3 is 2.54 bits per heavy atom. The van der Waals surface area contributed by atoms with Crippen LogP contribution in [0.4, 0.5) is 0 Å². The summed E-state index contributed by atoms with van der Waals surface area (Å²) in [5.74, 6) is -0.368. The van der Waals surface area contributed by atoms with Crippen molar-refractivity contribution in [3.05, 3.63) is 24.3 Å². The molecule has 0 aromatic carbocycles. The largest absolute Gasteiger partial charge is 0.368 e. The third kappa shape index (κ3) is 3.18. The molecule has 3 fully saturated rings. The number of hydrogen-bond donors (Lipinski definition) is 1. The lowest BCUT2D eigenvalue weighted by atomic mass is 9.97. The van der Waals surface area contributed by atoms with Gasteiger partial charge in [-0.2, -0.15) is 0 Å². The molecule has 2 saturated heterocycles. The Morgan fingerprint density at radius 2 is 1.83 bits per heavy atom. The number of nitrogens with one attached hydrogen (secondary N) is 1. The molecule has 24 heavy (non-hydrogen) atoms. The average molecular weight is 332 g/mol. The van der Waals surface area contributed by atoms with E-state index in [1.807, 2.05) is 24.3 Å². The quantitative estimate of drug-likeness (QED) is 0.774. The topological polar surface area (TPSA) is 67.9 Å². The molecule has 2 aliphatic heterocycles. The first-order valence-electron chi connectivity index (χ1n) is 8.94. The van der Waals surface area contributed by atoms with Crippen LogP contribution in [0.15, 0.2) is 24.3 Å². The fourth-order valence-corrected chi connectivity index (χ4v) is 3.61. The monoisotopic (exact) mass is 332 g/mol. The summed E-state index contributed by atoms with van der Waals surface area (Å²) in [6.45, 7) is 1.82. The van der Waals surface area contributed by atoms with E-state index in [1.165, 1.54) is 4.90 Å². The summed E-state index contributed by atoms with van der Waals surface area (Å²) in [5, 5.41) is 3.25. The molecule has 6 nitrogen and oxygen atoms in total. The zero-order valence-electron chi connectivity index (χ0n) is 13.7. The maximum absolute atomic E-state index is 13.0. The number of hydrogen-bond acceptors (Lipinski definition) is 5. The number of ether oxygens (including phenoxy) is 2. The SMILES string of the molecule is O=C(C1CCCNC1)N(C(=O)C1COC2C=CC=CC2O1)C1CC1. The lowest BCUT2D eigenvalue weighted by Crippen LogP contribution is -2.54. The number of fused-ring (bicyclic) bond motifs is 1. The summed E-state index contributed by atoms with van der Waals surface area (Å²) in [6.07, 6.45) is 10.2. The fourth-order valence-electron chi connectivity index (χ4n) is 3.61. The molecule has 0 bridgehead atoms. The standard InChI is InChI=1S/C18H24N2O4/c21-17(12-4-3-9-19-10-12)20(13-7-8-13)18(22)16-11-23-14-5-1-2-6-15(14)24-16/h1-2,5-6,12-16,19H,3-4,7-11H2. The number of amides is 2. The first kappa shape index (κ1) is 16.0. The van der Waals surface area contributed by atoms with Crippen molar-refractivity contribution in [3.63, 3.8) is 0 Å². The molecule has 2 aliphatic carbocycles. The van der Waals surface area contributed by atoms with Gasteiger partial charge in [0.25, 0.3) is 5.91 Å². The number of nitrogens with zero attached hydrogens (tertiary/aromatic N) is 1. The highest BCUT2D eigenvalue weighted by Gasteiger charge is 2.45. The van der Waals surface area contributed by atoms with Gasteiger partial charge in [0.2, 0.25) is 5.91 Å². The van der Waals surface area contributed by atoms with Crippen molar-refractivity contribution in [1.29, 1.82) is 0 Å². The molecule has 2 heterocycles. The van der Waals surface area contributed by atoms with Crippen LogP contribution in [0, 0.1) is 5.92 Å². The molecule has 1 saturated carbocycles. The van der Waals surface area contributed by atoms with Crippen molar-refractivity contribution in [1.82, 2.24) is 10.2 Å². The van der Waals surface area contributed by atoms with Crippen molar-refractivity contribution in [2.24, 2.45) is 5.92 Å². The van der Waals surface area contributed by atoms with Gasteiger partial charge < -0.3 is 14.8 Å². The molecular formula is C18H24N2O4. The number of carbonyl (C=O) groups is 2. The van der Waals surface area contributed by atoms with Crippen LogP contribution in [0.25, 0.3) is 0 Å². The number of rotatable bonds is 3. The molecule has 0 aromatic heterocycles. The van der Waals surface area contributed by atoms with Crippen LogP contribution in [-0.4, -0.2) is 60.8 Å². The van der Waals surface area contributed by atoms with E-state index in [4.69, 9.17) is 9.47 Å². The molecule has 0 spiro atoms. The van der Waals surface area contributed by atoms with Crippen LogP contribution in [0.5, 0.6) is 0 Å². The van der Waals surface area contributed by atoms with Gasteiger partial charge in [-0.3, -0.25) is 14.5 Å². The molecule has 1 N–H and O–H groups in total. The van der Waals surface area contributed by atoms with Crippen molar-refractivity contribution < 1.29 is 19.1 Å². The Labute approximate surface area is 141 Å². The van der Waals surface area contributed by atoms with Crippen LogP contribution in [0.3, 0.4) is 0 Å². The van der Waals surface area contributed by atoms with E-state index in [2.05, 4.69) is 5.32 Å². The van der Waals surface area contributed by atoms with Gasteiger partial charge >= 0.3 is 0 Å². The summed E-state index contributed by atoms with van der Waals surface area (Å²) >= 11 is 0. The van der Waals surface area contributed by atoms with Gasteiger partial charge in [-0.25, -0.2) is 0 Å². The van der Waals surface area contributed by atoms with E-state index in [0.29, 0.717) is 6.54 Å². The van der Waals surface area contributed by atoms with E-state index in [0.717, 1.165) is 32.2 Å². The molecular weight excluding hydrogens is 308 g/mol. The van der Waals surface area contributed by atoms with Crippen LogP contribution in [0.2, 0.25) is 0 Å². The fraction of sp³-hybridized carbons (Fsp3) is 0.667. The summed E-state index contributed by atoms with van der Waals surface area (Å²) < 4.78 is 11.7. The highest BCUT2D eigenvalue weighted by atomic mass is 16.6. The number of piperidine rings is 1. The van der Waals surface area contributed by atoms with Crippen molar-refractivity contribution in [2.75, 3.05) is 19.7 Å². The predicted molar refractivity (Wildman–Crippen MR) is 87.1 cm³/mol. The first-order valence-corrected chi connectivity index (χ1v) is 8.94. The van der Waals surface area contributed by atoms with Gasteiger partial charge in [-0.1, -0.05) is 24.3 Å². The lowest BCUT2D eigenvalue weighted by molar-refractivity contribution is -0.180. The molecule has 4 atom stereocenters. The second-order valence-electron chi connectivity index (χ2n) is 6.98. The average Bonchev–Trinajstić information content (AvgIpc) is 3.47. The van der Waals surface area contributed by atoms with Crippen LogP contribution < -0.4 is 5.32 Å². The number of imide groups is 1. The Morgan fingerprint density at radius 1 is 1.04 bits per heavy atom. The third-order valence-corrected chi connectivity index (χ3v) is 5.11. The van der Waals surface area contributed by atoms with Gasteiger partial charge in [0, 0.05) is 12.6 Å². The Bertz CT molecular complexity index is 563. The summed E-state index contributed by atoms with van der Waals surface area (Å²) in [7, 11) is 0. The lowest BCUT2D eigenvalue weighted by Gasteiger charge is -2.37. The second kappa shape index (κ2) is 6.78. The molecule has 4 unspecified atom stereocenters. The number of allylic oxidation sites excluding steroid dienone is 2. The number of carbonyl (C=O) groups excluding carboxylic acids is 2. The van der Waals surface area contributed by atoms with Gasteiger partial charge in [-0.15, -0.1) is 0 Å². The smallest absolute Gasteiger partial charge is 0.261 e. The first-order chi connectivity index (χ1) is 11.7. The minimum absolute atomic E-state index is 0.0421. The maximum atomic E-state index is 13.0. The molecule has 4 aliphatic rings. The molecule has 130 valence electrons. The highest BCUT2D eigenvalue weighted by Crippen LogP contribution is 2.31. The van der Waals surface area contributed by atoms with Gasteiger partial charge in [0.1, 0.15) is 12.2 Å². The van der Waals surface area contributed by atoms with E-state index in [9.17, 15) is 9.59 Å². The summed E-state index contributed by atoms with van der Waals surface area (Å²) in [6, 6.07) is 0.0510. The molecule has 4 rings (SSSR count). The molecule has 0 aromatic rings. The molecule has 0 radical (unpaired) electrons. The Balaban J connectivity index is 1.45. The van der Waals surface area contributed by atoms with E-state index in [-0.39, 0.29) is 42.6 Å². The minimum Gasteiger partial charge on any atom is -0.368 e. The van der Waals surface area contributed by atoms with Crippen molar-refractivity contribution >= 4 is 11.8 Å². The second-order valence-corrected chi connectivity index (χ2v) is 6.98.